The molecule has 210 valence electrons. The molecule has 0 saturated carbocycles. The number of carbonyl (C=O) groups excluding carboxylic acids is 2. The van der Waals surface area contributed by atoms with Crippen molar-refractivity contribution in [2.75, 3.05) is 30.0 Å². The van der Waals surface area contributed by atoms with E-state index in [9.17, 15) is 19.1 Å². The number of carbonyl (C=O) groups is 2. The van der Waals surface area contributed by atoms with Crippen LogP contribution in [0, 0.1) is 18.6 Å². The highest BCUT2D eigenvalue weighted by Gasteiger charge is 2.48. The summed E-state index contributed by atoms with van der Waals surface area (Å²) in [7, 11) is 1.56. The van der Waals surface area contributed by atoms with E-state index in [-0.39, 0.29) is 22.9 Å². The van der Waals surface area contributed by atoms with E-state index in [4.69, 9.17) is 4.74 Å². The molecule has 0 bridgehead atoms. The monoisotopic (exact) mass is 548 g/mol. The number of ketones is 1. The first kappa shape index (κ1) is 28.8. The fourth-order valence-corrected chi connectivity index (χ4v) is 5.26. The molecule has 1 N–H and O–H groups in total. The minimum absolute atomic E-state index is 0.0428. The van der Waals surface area contributed by atoms with Gasteiger partial charge in [-0.05, 0) is 79.8 Å². The van der Waals surface area contributed by atoms with Crippen molar-refractivity contribution in [2.24, 2.45) is 0 Å². The average Bonchev–Trinajstić information content (AvgIpc) is 3.19. The number of aryl methyl sites for hydroxylation is 1. The summed E-state index contributed by atoms with van der Waals surface area (Å²) in [4.78, 5) is 30.1. The second-order valence-electron chi connectivity index (χ2n) is 10.1. The van der Waals surface area contributed by atoms with E-state index < -0.39 is 29.4 Å². The predicted octanol–water partition coefficient (Wildman–Crippen LogP) is 6.88. The third-order valence-electron chi connectivity index (χ3n) is 7.40. The second-order valence-corrected chi connectivity index (χ2v) is 10.1. The van der Waals surface area contributed by atoms with Gasteiger partial charge in [0.15, 0.2) is 0 Å². The van der Waals surface area contributed by atoms with Crippen molar-refractivity contribution < 1.29 is 28.2 Å². The topological polar surface area (TPSA) is 70.1 Å². The number of ether oxygens (including phenoxy) is 1. The van der Waals surface area contributed by atoms with E-state index in [1.165, 1.54) is 0 Å². The first-order chi connectivity index (χ1) is 19.0. The van der Waals surface area contributed by atoms with Gasteiger partial charge in [-0.3, -0.25) is 14.5 Å². The van der Waals surface area contributed by atoms with Gasteiger partial charge < -0.3 is 14.7 Å². The smallest absolute Gasteiger partial charge is 0.300 e. The van der Waals surface area contributed by atoms with Crippen LogP contribution >= 0.6 is 0 Å². The zero-order valence-corrected chi connectivity index (χ0v) is 23.6. The fraction of sp³-hybridized carbons (Fsp3) is 0.312. The summed E-state index contributed by atoms with van der Waals surface area (Å²) in [5, 5.41) is 11.7. The molecule has 1 amide bonds. The number of halogens is 2. The van der Waals surface area contributed by atoms with E-state index in [1.807, 2.05) is 39.8 Å². The number of rotatable bonds is 8. The lowest BCUT2D eigenvalue weighted by molar-refractivity contribution is -0.132. The highest BCUT2D eigenvalue weighted by atomic mass is 19.1. The first-order valence-corrected chi connectivity index (χ1v) is 13.3. The van der Waals surface area contributed by atoms with Crippen molar-refractivity contribution in [2.45, 2.75) is 46.6 Å². The van der Waals surface area contributed by atoms with Crippen molar-refractivity contribution in [3.63, 3.8) is 0 Å². The summed E-state index contributed by atoms with van der Waals surface area (Å²) in [5.41, 5.74) is 2.82. The summed E-state index contributed by atoms with van der Waals surface area (Å²) in [6.45, 7) is 11.4. The molecule has 1 fully saturated rings. The maximum absolute atomic E-state index is 15.0. The van der Waals surface area contributed by atoms with Crippen molar-refractivity contribution in [1.29, 1.82) is 0 Å². The van der Waals surface area contributed by atoms with Crippen LogP contribution in [0.5, 0.6) is 5.75 Å². The number of benzene rings is 3. The number of hydrogen-bond donors (Lipinski definition) is 1. The van der Waals surface area contributed by atoms with Crippen LogP contribution in [0.15, 0.2) is 60.2 Å². The molecule has 6 nitrogen and oxygen atoms in total. The first-order valence-electron chi connectivity index (χ1n) is 13.3. The van der Waals surface area contributed by atoms with Gasteiger partial charge in [-0.25, -0.2) is 8.78 Å². The molecule has 0 spiro atoms. The zero-order valence-electron chi connectivity index (χ0n) is 23.6. The van der Waals surface area contributed by atoms with Crippen LogP contribution in [0.25, 0.3) is 5.76 Å². The average molecular weight is 549 g/mol. The molecule has 3 aromatic rings. The number of amides is 1. The van der Waals surface area contributed by atoms with E-state index in [1.54, 1.807) is 38.3 Å². The normalized spacial score (nSPS) is 16.6. The Hall–Kier alpha value is -4.20. The Morgan fingerprint density at radius 2 is 1.68 bits per heavy atom. The maximum atomic E-state index is 15.0. The Morgan fingerprint density at radius 1 is 1.02 bits per heavy atom. The molecule has 1 unspecified atom stereocenters. The largest absolute Gasteiger partial charge is 0.507 e. The Morgan fingerprint density at radius 3 is 2.23 bits per heavy atom. The van der Waals surface area contributed by atoms with Gasteiger partial charge in [0.05, 0.1) is 24.4 Å². The maximum Gasteiger partial charge on any atom is 0.300 e. The molecular weight excluding hydrogens is 514 g/mol. The molecule has 1 heterocycles. The van der Waals surface area contributed by atoms with Gasteiger partial charge in [-0.1, -0.05) is 26.0 Å². The zero-order chi connectivity index (χ0) is 29.3. The minimum atomic E-state index is -1.14. The summed E-state index contributed by atoms with van der Waals surface area (Å²) < 4.78 is 34.3. The van der Waals surface area contributed by atoms with E-state index >= 15 is 4.39 Å². The Bertz CT molecular complexity index is 1480. The van der Waals surface area contributed by atoms with Gasteiger partial charge >= 0.3 is 0 Å². The standard InChI is InChI=1S/C32H34F2N2O4/c1-7-35(8-2)22-12-9-20(10-13-22)29-28(30(37)24-17-23(18(3)4)27(40-6)15-19(24)5)31(38)32(39)36(29)26-14-11-21(33)16-25(26)34/h9-18,29,37H,7-8H2,1-6H3/b30-28+. The van der Waals surface area contributed by atoms with Crippen LogP contribution in [0.4, 0.5) is 20.2 Å². The highest BCUT2D eigenvalue weighted by Crippen LogP contribution is 2.44. The van der Waals surface area contributed by atoms with Crippen LogP contribution in [-0.4, -0.2) is 37.0 Å². The van der Waals surface area contributed by atoms with Crippen LogP contribution in [0.3, 0.4) is 0 Å². The third kappa shape index (κ3) is 5.06. The molecule has 0 aliphatic carbocycles. The number of anilines is 2. The van der Waals surface area contributed by atoms with E-state index in [0.29, 0.717) is 28.5 Å². The van der Waals surface area contributed by atoms with Crippen molar-refractivity contribution in [1.82, 2.24) is 0 Å². The summed E-state index contributed by atoms with van der Waals surface area (Å²) in [5.74, 6) is -3.46. The summed E-state index contributed by atoms with van der Waals surface area (Å²) in [6.07, 6.45) is 0. The number of methoxy groups -OCH3 is 1. The number of aliphatic hydroxyl groups is 1. The van der Waals surface area contributed by atoms with Gasteiger partial charge in [0, 0.05) is 30.4 Å². The summed E-state index contributed by atoms with van der Waals surface area (Å²) in [6, 6.07) is 12.4. The molecule has 0 radical (unpaired) electrons. The Kier molecular flexibility index (Phi) is 8.28. The molecular formula is C32H34F2N2O4. The second kappa shape index (κ2) is 11.5. The van der Waals surface area contributed by atoms with E-state index in [0.717, 1.165) is 41.4 Å². The van der Waals surface area contributed by atoms with Gasteiger partial charge in [0.25, 0.3) is 11.7 Å². The van der Waals surface area contributed by atoms with Crippen molar-refractivity contribution >= 4 is 28.8 Å². The van der Waals surface area contributed by atoms with Gasteiger partial charge in [-0.15, -0.1) is 0 Å². The number of hydrogen-bond acceptors (Lipinski definition) is 5. The SMILES string of the molecule is CCN(CC)c1ccc(C2/C(=C(\O)c3cc(C(C)C)c(OC)cc3C)C(=O)C(=O)N2c2ccc(F)cc2F)cc1. The molecule has 0 aromatic heterocycles. The lowest BCUT2D eigenvalue weighted by atomic mass is 9.91. The van der Waals surface area contributed by atoms with Crippen molar-refractivity contribution in [3.8, 4) is 5.75 Å². The van der Waals surface area contributed by atoms with Gasteiger partial charge in [0.1, 0.15) is 23.1 Å². The molecule has 4 rings (SSSR count). The van der Waals surface area contributed by atoms with Gasteiger partial charge in [-0.2, -0.15) is 0 Å². The molecule has 1 aliphatic heterocycles. The third-order valence-corrected chi connectivity index (χ3v) is 7.40. The lowest BCUT2D eigenvalue weighted by Gasteiger charge is -2.27. The molecule has 1 atom stereocenters. The molecule has 1 saturated heterocycles. The van der Waals surface area contributed by atoms with Crippen molar-refractivity contribution in [3.05, 3.63) is 94.1 Å². The predicted molar refractivity (Wildman–Crippen MR) is 153 cm³/mol. The van der Waals surface area contributed by atoms with Crippen LogP contribution in [-0.2, 0) is 9.59 Å². The summed E-state index contributed by atoms with van der Waals surface area (Å²) >= 11 is 0. The van der Waals surface area contributed by atoms with E-state index in [2.05, 4.69) is 4.90 Å². The lowest BCUT2D eigenvalue weighted by Crippen LogP contribution is -2.30. The minimum Gasteiger partial charge on any atom is -0.507 e. The molecule has 8 heteroatoms. The van der Waals surface area contributed by atoms with Crippen LogP contribution in [0.1, 0.15) is 61.9 Å². The fourth-order valence-electron chi connectivity index (χ4n) is 5.26. The number of nitrogens with zero attached hydrogens (tertiary/aromatic N) is 2. The Balaban J connectivity index is 1.98. The van der Waals surface area contributed by atoms with Crippen LogP contribution in [0.2, 0.25) is 0 Å². The number of aliphatic hydroxyl groups excluding tert-OH is 1. The van der Waals surface area contributed by atoms with Gasteiger partial charge in [0.2, 0.25) is 0 Å². The molecule has 40 heavy (non-hydrogen) atoms. The number of Topliss-reactive ketones (excluding diaryl/α,β-unsaturated/α-hetero) is 1. The Labute approximate surface area is 233 Å². The quantitative estimate of drug-likeness (QED) is 0.189. The van der Waals surface area contributed by atoms with Crippen LogP contribution < -0.4 is 14.5 Å². The molecule has 1 aliphatic rings. The molecule has 3 aromatic carbocycles. The highest BCUT2D eigenvalue weighted by molar-refractivity contribution is 6.51.